The van der Waals surface area contributed by atoms with Gasteiger partial charge in [0, 0.05) is 44.6 Å². The van der Waals surface area contributed by atoms with E-state index in [1.54, 1.807) is 31.4 Å². The fraction of sp³-hybridized carbons (Fsp3) is 0.400. The summed E-state index contributed by atoms with van der Waals surface area (Å²) in [6, 6.07) is 5.80. The Morgan fingerprint density at radius 2 is 1.93 bits per heavy atom. The fourth-order valence-corrected chi connectivity index (χ4v) is 4.68. The van der Waals surface area contributed by atoms with Crippen LogP contribution >= 0.6 is 11.3 Å². The normalized spacial score (nSPS) is 15.1. The highest BCUT2D eigenvalue weighted by Gasteiger charge is 2.20. The van der Waals surface area contributed by atoms with Crippen LogP contribution in [0.4, 0.5) is 5.69 Å². The third kappa shape index (κ3) is 4.01. The standard InChI is InChI=1S/C20H24N6O2S/c1-12-17(5-4-15(22-12)19(28)21-3)26-8-6-25(7-9-26)11-14-10-16-20(29-14)23-13(2)18(27)24-16/h4-5,10H,6-9,11H2,1-3H3,(H,21,28)(H,24,27). The number of hydrogen-bond donors (Lipinski definition) is 2. The van der Waals surface area contributed by atoms with Crippen molar-refractivity contribution in [3.63, 3.8) is 0 Å². The van der Waals surface area contributed by atoms with Gasteiger partial charge in [-0.1, -0.05) is 0 Å². The molecule has 9 heteroatoms. The van der Waals surface area contributed by atoms with Gasteiger partial charge in [-0.05, 0) is 32.0 Å². The van der Waals surface area contributed by atoms with Gasteiger partial charge in [0.15, 0.2) is 0 Å². The van der Waals surface area contributed by atoms with Crippen LogP contribution < -0.4 is 15.8 Å². The van der Waals surface area contributed by atoms with Gasteiger partial charge >= 0.3 is 0 Å². The zero-order valence-electron chi connectivity index (χ0n) is 16.8. The lowest BCUT2D eigenvalue weighted by Gasteiger charge is -2.36. The molecule has 152 valence electrons. The second-order valence-electron chi connectivity index (χ2n) is 7.23. The number of H-pyrrole nitrogens is 1. The number of fused-ring (bicyclic) bond motifs is 1. The molecule has 4 heterocycles. The Bertz CT molecular complexity index is 1110. The molecule has 0 spiro atoms. The number of hydrogen-bond acceptors (Lipinski definition) is 7. The van der Waals surface area contributed by atoms with Crippen LogP contribution in [-0.2, 0) is 6.54 Å². The van der Waals surface area contributed by atoms with Crippen molar-refractivity contribution in [2.75, 3.05) is 38.1 Å². The van der Waals surface area contributed by atoms with Gasteiger partial charge in [0.05, 0.1) is 16.9 Å². The highest BCUT2D eigenvalue weighted by Crippen LogP contribution is 2.25. The Morgan fingerprint density at radius 3 is 2.62 bits per heavy atom. The van der Waals surface area contributed by atoms with E-state index in [1.165, 1.54) is 4.88 Å². The number of amides is 1. The molecule has 0 saturated carbocycles. The summed E-state index contributed by atoms with van der Waals surface area (Å²) in [6.45, 7) is 8.21. The maximum absolute atomic E-state index is 11.8. The van der Waals surface area contributed by atoms with Crippen LogP contribution in [0.25, 0.3) is 10.3 Å². The van der Waals surface area contributed by atoms with Crippen LogP contribution in [0.1, 0.15) is 26.8 Å². The van der Waals surface area contributed by atoms with Crippen molar-refractivity contribution in [1.82, 2.24) is 25.2 Å². The van der Waals surface area contributed by atoms with Gasteiger partial charge in [-0.15, -0.1) is 11.3 Å². The lowest BCUT2D eigenvalue weighted by molar-refractivity contribution is 0.0958. The van der Waals surface area contributed by atoms with Crippen molar-refractivity contribution in [2.45, 2.75) is 20.4 Å². The molecule has 1 aliphatic heterocycles. The Morgan fingerprint density at radius 1 is 1.17 bits per heavy atom. The molecule has 0 radical (unpaired) electrons. The molecule has 1 fully saturated rings. The minimum atomic E-state index is -0.168. The minimum absolute atomic E-state index is 0.123. The van der Waals surface area contributed by atoms with Crippen LogP contribution in [0, 0.1) is 13.8 Å². The molecular weight excluding hydrogens is 388 g/mol. The Kier molecular flexibility index (Phi) is 5.33. The number of rotatable bonds is 4. The highest BCUT2D eigenvalue weighted by atomic mass is 32.1. The molecular formula is C20H24N6O2S. The van der Waals surface area contributed by atoms with Gasteiger partial charge in [0.25, 0.3) is 11.5 Å². The lowest BCUT2D eigenvalue weighted by atomic mass is 10.2. The van der Waals surface area contributed by atoms with Crippen molar-refractivity contribution in [1.29, 1.82) is 0 Å². The van der Waals surface area contributed by atoms with Crippen molar-refractivity contribution in [2.24, 2.45) is 0 Å². The van der Waals surface area contributed by atoms with Gasteiger partial charge in [0.2, 0.25) is 0 Å². The molecule has 0 bridgehead atoms. The molecule has 0 aromatic carbocycles. The number of carbonyl (C=O) groups is 1. The first-order chi connectivity index (χ1) is 13.9. The predicted molar refractivity (Wildman–Crippen MR) is 115 cm³/mol. The molecule has 8 nitrogen and oxygen atoms in total. The van der Waals surface area contributed by atoms with E-state index in [9.17, 15) is 9.59 Å². The average molecular weight is 413 g/mol. The molecule has 29 heavy (non-hydrogen) atoms. The van der Waals surface area contributed by atoms with Crippen molar-refractivity contribution < 1.29 is 4.79 Å². The summed E-state index contributed by atoms with van der Waals surface area (Å²) in [5.74, 6) is -0.168. The van der Waals surface area contributed by atoms with E-state index < -0.39 is 0 Å². The number of pyridine rings is 1. The van der Waals surface area contributed by atoms with Crippen LogP contribution in [-0.4, -0.2) is 59.0 Å². The summed E-state index contributed by atoms with van der Waals surface area (Å²) in [7, 11) is 1.61. The molecule has 1 amide bonds. The number of thiophene rings is 1. The summed E-state index contributed by atoms with van der Waals surface area (Å²) in [4.78, 5) is 42.0. The smallest absolute Gasteiger partial charge is 0.269 e. The first-order valence-corrected chi connectivity index (χ1v) is 10.4. The van der Waals surface area contributed by atoms with Crippen LogP contribution in [0.15, 0.2) is 23.0 Å². The first-order valence-electron chi connectivity index (χ1n) is 9.61. The summed E-state index contributed by atoms with van der Waals surface area (Å²) < 4.78 is 0. The highest BCUT2D eigenvalue weighted by molar-refractivity contribution is 7.18. The van der Waals surface area contributed by atoms with E-state index in [0.717, 1.165) is 54.5 Å². The van der Waals surface area contributed by atoms with E-state index in [4.69, 9.17) is 0 Å². The molecule has 4 rings (SSSR count). The number of nitrogens with zero attached hydrogens (tertiary/aromatic N) is 4. The number of aromatic amines is 1. The second kappa shape index (κ2) is 7.92. The molecule has 3 aromatic rings. The largest absolute Gasteiger partial charge is 0.368 e. The number of piperazine rings is 1. The van der Waals surface area contributed by atoms with E-state index in [0.29, 0.717) is 11.4 Å². The molecule has 3 aromatic heterocycles. The lowest BCUT2D eigenvalue weighted by Crippen LogP contribution is -2.46. The maximum atomic E-state index is 11.8. The van der Waals surface area contributed by atoms with Gasteiger partial charge in [-0.2, -0.15) is 0 Å². The third-order valence-corrected chi connectivity index (χ3v) is 6.23. The quantitative estimate of drug-likeness (QED) is 0.677. The molecule has 0 unspecified atom stereocenters. The minimum Gasteiger partial charge on any atom is -0.368 e. The van der Waals surface area contributed by atoms with Gasteiger partial charge < -0.3 is 15.2 Å². The van der Waals surface area contributed by atoms with Crippen LogP contribution in [0.2, 0.25) is 0 Å². The summed E-state index contributed by atoms with van der Waals surface area (Å²) in [6.07, 6.45) is 0. The SMILES string of the molecule is CNC(=O)c1ccc(N2CCN(Cc3cc4[nH]c(=O)c(C)nc4s3)CC2)c(C)n1. The zero-order valence-corrected chi connectivity index (χ0v) is 17.6. The summed E-state index contributed by atoms with van der Waals surface area (Å²) in [5, 5.41) is 2.61. The fourth-order valence-electron chi connectivity index (χ4n) is 3.61. The molecule has 1 aliphatic rings. The Labute approximate surface area is 172 Å². The van der Waals surface area contributed by atoms with Crippen molar-refractivity contribution >= 4 is 33.3 Å². The van der Waals surface area contributed by atoms with E-state index in [1.807, 2.05) is 19.1 Å². The summed E-state index contributed by atoms with van der Waals surface area (Å²) >= 11 is 1.64. The van der Waals surface area contributed by atoms with E-state index in [2.05, 4.69) is 30.1 Å². The van der Waals surface area contributed by atoms with Crippen LogP contribution in [0.5, 0.6) is 0 Å². The molecule has 0 aliphatic carbocycles. The second-order valence-corrected chi connectivity index (χ2v) is 8.34. The van der Waals surface area contributed by atoms with E-state index >= 15 is 0 Å². The number of aromatic nitrogens is 3. The van der Waals surface area contributed by atoms with Gasteiger partial charge in [0.1, 0.15) is 16.2 Å². The maximum Gasteiger partial charge on any atom is 0.269 e. The van der Waals surface area contributed by atoms with Gasteiger partial charge in [-0.3, -0.25) is 14.5 Å². The van der Waals surface area contributed by atoms with Crippen molar-refractivity contribution in [3.05, 3.63) is 50.5 Å². The van der Waals surface area contributed by atoms with Gasteiger partial charge in [-0.25, -0.2) is 9.97 Å². The van der Waals surface area contributed by atoms with E-state index in [-0.39, 0.29) is 11.5 Å². The Hall–Kier alpha value is -2.78. The number of nitrogens with one attached hydrogen (secondary N) is 2. The van der Waals surface area contributed by atoms with Crippen LogP contribution in [0.3, 0.4) is 0 Å². The third-order valence-electron chi connectivity index (χ3n) is 5.22. The van der Waals surface area contributed by atoms with Crippen molar-refractivity contribution in [3.8, 4) is 0 Å². The number of aryl methyl sites for hydroxylation is 2. The zero-order chi connectivity index (χ0) is 20.5. The predicted octanol–water partition coefficient (Wildman–Crippen LogP) is 1.68. The molecule has 0 atom stereocenters. The summed E-state index contributed by atoms with van der Waals surface area (Å²) in [5.41, 5.74) is 3.59. The average Bonchev–Trinajstić information content (AvgIpc) is 3.09. The topological polar surface area (TPSA) is 94.2 Å². The molecule has 2 N–H and O–H groups in total. The first kappa shape index (κ1) is 19.5. The number of carbonyl (C=O) groups excluding carboxylic acids is 1. The number of anilines is 1. The molecule has 1 saturated heterocycles. The monoisotopic (exact) mass is 412 g/mol. The Balaban J connectivity index is 1.41.